The van der Waals surface area contributed by atoms with Gasteiger partial charge in [-0.25, -0.2) is 14.4 Å². The van der Waals surface area contributed by atoms with Gasteiger partial charge >= 0.3 is 0 Å². The zero-order chi connectivity index (χ0) is 14.4. The molecular weight excluding hydrogens is 257 g/mol. The van der Waals surface area contributed by atoms with Gasteiger partial charge in [-0.15, -0.1) is 0 Å². The van der Waals surface area contributed by atoms with E-state index in [1.54, 1.807) is 12.1 Å². The zero-order valence-electron chi connectivity index (χ0n) is 11.7. The molecule has 0 spiro atoms. The molecule has 4 nitrogen and oxygen atoms in total. The first kappa shape index (κ1) is 14.2. The Hall–Kier alpha value is -2.17. The van der Waals surface area contributed by atoms with Crippen molar-refractivity contribution in [3.05, 3.63) is 47.7 Å². The van der Waals surface area contributed by atoms with Crippen molar-refractivity contribution in [1.82, 2.24) is 9.97 Å². The minimum absolute atomic E-state index is 0.297. The first-order valence-electron chi connectivity index (χ1n) is 6.64. The highest BCUT2D eigenvalue weighted by molar-refractivity contribution is 5.36. The summed E-state index contributed by atoms with van der Waals surface area (Å²) in [5, 5.41) is 3.18. The summed E-state index contributed by atoms with van der Waals surface area (Å²) in [5.74, 6) is 1.77. The first-order valence-corrected chi connectivity index (χ1v) is 6.64. The molecule has 0 aliphatic carbocycles. The van der Waals surface area contributed by atoms with Gasteiger partial charge in [0, 0.05) is 17.8 Å². The minimum Gasteiger partial charge on any atom is -0.492 e. The van der Waals surface area contributed by atoms with Gasteiger partial charge in [0.25, 0.3) is 0 Å². The predicted molar refractivity (Wildman–Crippen MR) is 76.5 cm³/mol. The van der Waals surface area contributed by atoms with Gasteiger partial charge in [-0.3, -0.25) is 0 Å². The summed E-state index contributed by atoms with van der Waals surface area (Å²) in [6, 6.07) is 8.03. The van der Waals surface area contributed by atoms with E-state index in [9.17, 15) is 4.39 Å². The Balaban J connectivity index is 1.82. The Bertz CT molecular complexity index is 575. The summed E-state index contributed by atoms with van der Waals surface area (Å²) in [4.78, 5) is 8.62. The molecular formula is C15H18FN3O. The molecule has 0 saturated heterocycles. The van der Waals surface area contributed by atoms with Crippen molar-refractivity contribution >= 4 is 5.82 Å². The summed E-state index contributed by atoms with van der Waals surface area (Å²) in [6.07, 6.45) is 0.873. The first-order chi connectivity index (χ1) is 9.67. The van der Waals surface area contributed by atoms with Gasteiger partial charge in [0.05, 0.1) is 6.54 Å². The third kappa shape index (κ3) is 4.19. The van der Waals surface area contributed by atoms with E-state index in [1.807, 2.05) is 13.0 Å². The number of anilines is 1. The van der Waals surface area contributed by atoms with Crippen LogP contribution in [0.15, 0.2) is 30.3 Å². The molecule has 1 N–H and O–H groups in total. The lowest BCUT2D eigenvalue weighted by Gasteiger charge is -2.09. The highest BCUT2D eigenvalue weighted by Gasteiger charge is 2.00. The molecule has 0 amide bonds. The zero-order valence-corrected chi connectivity index (χ0v) is 11.7. The van der Waals surface area contributed by atoms with Crippen LogP contribution in [0.3, 0.4) is 0 Å². The number of benzene rings is 1. The van der Waals surface area contributed by atoms with Crippen molar-refractivity contribution in [2.45, 2.75) is 20.3 Å². The minimum atomic E-state index is -0.297. The van der Waals surface area contributed by atoms with Gasteiger partial charge in [0.2, 0.25) is 0 Å². The molecule has 1 aromatic carbocycles. The highest BCUT2D eigenvalue weighted by atomic mass is 19.1. The quantitative estimate of drug-likeness (QED) is 0.823. The van der Waals surface area contributed by atoms with Gasteiger partial charge < -0.3 is 10.1 Å². The van der Waals surface area contributed by atoms with Gasteiger partial charge in [-0.2, -0.15) is 0 Å². The summed E-state index contributed by atoms with van der Waals surface area (Å²) in [5.41, 5.74) is 1.01. The van der Waals surface area contributed by atoms with E-state index in [0.717, 1.165) is 23.8 Å². The van der Waals surface area contributed by atoms with E-state index in [-0.39, 0.29) is 5.82 Å². The van der Waals surface area contributed by atoms with Crippen LogP contribution in [0.1, 0.15) is 18.4 Å². The molecule has 20 heavy (non-hydrogen) atoms. The predicted octanol–water partition coefficient (Wildman–Crippen LogP) is 2.98. The Kier molecular flexibility index (Phi) is 4.87. The van der Waals surface area contributed by atoms with Crippen molar-refractivity contribution in [2.24, 2.45) is 0 Å². The van der Waals surface area contributed by atoms with Crippen molar-refractivity contribution in [3.63, 3.8) is 0 Å². The third-order valence-corrected chi connectivity index (χ3v) is 2.73. The molecule has 106 valence electrons. The maximum atomic E-state index is 13.0. The maximum Gasteiger partial charge on any atom is 0.130 e. The maximum absolute atomic E-state index is 13.0. The fraction of sp³-hybridized carbons (Fsp3) is 0.333. The molecule has 1 aromatic heterocycles. The Morgan fingerprint density at radius 3 is 2.85 bits per heavy atom. The van der Waals surface area contributed by atoms with Gasteiger partial charge in [-0.05, 0) is 25.5 Å². The van der Waals surface area contributed by atoms with Gasteiger partial charge in [0.1, 0.15) is 29.8 Å². The number of halogens is 1. The van der Waals surface area contributed by atoms with Crippen molar-refractivity contribution in [3.8, 4) is 5.75 Å². The van der Waals surface area contributed by atoms with Crippen molar-refractivity contribution in [2.75, 3.05) is 18.5 Å². The van der Waals surface area contributed by atoms with Crippen molar-refractivity contribution in [1.29, 1.82) is 0 Å². The molecule has 2 rings (SSSR count). The number of aryl methyl sites for hydroxylation is 2. The normalized spacial score (nSPS) is 10.3. The topological polar surface area (TPSA) is 47.0 Å². The van der Waals surface area contributed by atoms with Crippen LogP contribution < -0.4 is 10.1 Å². The number of rotatable bonds is 6. The average molecular weight is 275 g/mol. The number of nitrogens with zero attached hydrogens (tertiary/aromatic N) is 2. The molecule has 0 atom stereocenters. The third-order valence-electron chi connectivity index (χ3n) is 2.73. The van der Waals surface area contributed by atoms with Crippen LogP contribution in [0, 0.1) is 12.7 Å². The lowest BCUT2D eigenvalue weighted by molar-refractivity contribution is 0.331. The second-order valence-electron chi connectivity index (χ2n) is 4.38. The molecule has 0 aliphatic rings. The van der Waals surface area contributed by atoms with E-state index < -0.39 is 0 Å². The lowest BCUT2D eigenvalue weighted by atomic mass is 10.3. The fourth-order valence-corrected chi connectivity index (χ4v) is 1.81. The van der Waals surface area contributed by atoms with Crippen LogP contribution in [0.5, 0.6) is 5.75 Å². The molecule has 5 heteroatoms. The molecule has 2 aromatic rings. The number of ether oxygens (including phenoxy) is 1. The summed E-state index contributed by atoms with van der Waals surface area (Å²) < 4.78 is 18.4. The monoisotopic (exact) mass is 275 g/mol. The highest BCUT2D eigenvalue weighted by Crippen LogP contribution is 2.12. The lowest BCUT2D eigenvalue weighted by Crippen LogP contribution is -2.13. The van der Waals surface area contributed by atoms with Crippen molar-refractivity contribution < 1.29 is 9.13 Å². The van der Waals surface area contributed by atoms with Crippen LogP contribution in [0.2, 0.25) is 0 Å². The summed E-state index contributed by atoms with van der Waals surface area (Å²) >= 11 is 0. The standard InChI is InChI=1S/C15H18FN3O/c1-3-13-10-15(19-11(2)18-13)17-7-8-20-14-6-4-5-12(16)9-14/h4-6,9-10H,3,7-8H2,1-2H3,(H,17,18,19). The van der Waals surface area contributed by atoms with Gasteiger partial charge in [-0.1, -0.05) is 13.0 Å². The van der Waals surface area contributed by atoms with Crippen LogP contribution in [-0.2, 0) is 6.42 Å². The molecule has 1 heterocycles. The number of nitrogens with one attached hydrogen (secondary N) is 1. The molecule has 0 fully saturated rings. The van der Waals surface area contributed by atoms with E-state index in [2.05, 4.69) is 22.2 Å². The molecule has 0 radical (unpaired) electrons. The number of hydrogen-bond acceptors (Lipinski definition) is 4. The largest absolute Gasteiger partial charge is 0.492 e. The summed E-state index contributed by atoms with van der Waals surface area (Å²) in [7, 11) is 0. The SMILES string of the molecule is CCc1cc(NCCOc2cccc(F)c2)nc(C)n1. The number of aromatic nitrogens is 2. The average Bonchev–Trinajstić information content (AvgIpc) is 2.43. The Labute approximate surface area is 118 Å². The second-order valence-corrected chi connectivity index (χ2v) is 4.38. The number of hydrogen-bond donors (Lipinski definition) is 1. The summed E-state index contributed by atoms with van der Waals surface area (Å²) in [6.45, 7) is 4.95. The second kappa shape index (κ2) is 6.84. The van der Waals surface area contributed by atoms with E-state index >= 15 is 0 Å². The fourth-order valence-electron chi connectivity index (χ4n) is 1.81. The molecule has 0 unspecified atom stereocenters. The molecule has 0 bridgehead atoms. The van der Waals surface area contributed by atoms with E-state index in [0.29, 0.717) is 18.9 Å². The van der Waals surface area contributed by atoms with Crippen LogP contribution >= 0.6 is 0 Å². The van der Waals surface area contributed by atoms with E-state index in [1.165, 1.54) is 12.1 Å². The van der Waals surface area contributed by atoms with Crippen LogP contribution in [0.25, 0.3) is 0 Å². The van der Waals surface area contributed by atoms with E-state index in [4.69, 9.17) is 4.74 Å². The molecule has 0 aliphatic heterocycles. The van der Waals surface area contributed by atoms with Crippen LogP contribution in [0.4, 0.5) is 10.2 Å². The van der Waals surface area contributed by atoms with Gasteiger partial charge in [0.15, 0.2) is 0 Å². The Morgan fingerprint density at radius 1 is 1.25 bits per heavy atom. The smallest absolute Gasteiger partial charge is 0.130 e. The van der Waals surface area contributed by atoms with Crippen LogP contribution in [-0.4, -0.2) is 23.1 Å². The Morgan fingerprint density at radius 2 is 2.10 bits per heavy atom. The molecule has 0 saturated carbocycles.